The highest BCUT2D eigenvalue weighted by molar-refractivity contribution is 6.13. The predicted octanol–water partition coefficient (Wildman–Crippen LogP) is 16.5. The molecule has 0 atom stereocenters. The first-order chi connectivity index (χ1) is 31.7. The van der Waals surface area contributed by atoms with Crippen molar-refractivity contribution in [1.29, 1.82) is 0 Å². The first-order valence-corrected chi connectivity index (χ1v) is 21.6. The Balaban J connectivity index is 0.975. The average Bonchev–Trinajstić information content (AvgIpc) is 3.75. The summed E-state index contributed by atoms with van der Waals surface area (Å²) in [5.41, 5.74) is 14.1. The average molecular weight is 818 g/mol. The maximum atomic E-state index is 6.76. The second-order valence-electron chi connectivity index (χ2n) is 16.1. The Morgan fingerprint density at radius 3 is 1.73 bits per heavy atom. The number of aromatic nitrogens is 2. The topological polar surface area (TPSA) is 42.2 Å². The van der Waals surface area contributed by atoms with E-state index >= 15 is 0 Å². The third-order valence-corrected chi connectivity index (χ3v) is 12.2. The third-order valence-electron chi connectivity index (χ3n) is 12.2. The van der Waals surface area contributed by atoms with Gasteiger partial charge in [0.25, 0.3) is 0 Å². The van der Waals surface area contributed by atoms with E-state index < -0.39 is 0 Å². The molecule has 2 heterocycles. The molecule has 0 aliphatic rings. The Labute approximate surface area is 371 Å². The van der Waals surface area contributed by atoms with Crippen molar-refractivity contribution in [3.05, 3.63) is 237 Å². The normalized spacial score (nSPS) is 11.4. The Kier molecular flexibility index (Phi) is 9.12. The first kappa shape index (κ1) is 37.2. The minimum atomic E-state index is 0.677. The van der Waals surface area contributed by atoms with Gasteiger partial charge in [0.05, 0.1) is 22.8 Å². The molecule has 12 rings (SSSR count). The molecular weight excluding hydrogens is 779 g/mol. The Bertz CT molecular complexity index is 3620. The van der Waals surface area contributed by atoms with Crippen LogP contribution in [0.5, 0.6) is 0 Å². The van der Waals surface area contributed by atoms with Gasteiger partial charge in [0.15, 0.2) is 5.82 Å². The highest BCUT2D eigenvalue weighted by Gasteiger charge is 2.21. The molecule has 0 saturated carbocycles. The van der Waals surface area contributed by atoms with Crippen LogP contribution in [-0.4, -0.2) is 9.97 Å². The van der Waals surface area contributed by atoms with E-state index in [0.29, 0.717) is 5.82 Å². The van der Waals surface area contributed by atoms with Crippen molar-refractivity contribution >= 4 is 60.5 Å². The van der Waals surface area contributed by atoms with E-state index in [9.17, 15) is 0 Å². The van der Waals surface area contributed by atoms with Crippen LogP contribution in [0.1, 0.15) is 0 Å². The van der Waals surface area contributed by atoms with Crippen LogP contribution in [0.15, 0.2) is 241 Å². The van der Waals surface area contributed by atoms with Crippen molar-refractivity contribution in [3.63, 3.8) is 0 Å². The number of fused-ring (bicyclic) bond motifs is 5. The van der Waals surface area contributed by atoms with Gasteiger partial charge in [-0.25, -0.2) is 9.97 Å². The maximum absolute atomic E-state index is 6.76. The van der Waals surface area contributed by atoms with Crippen molar-refractivity contribution in [1.82, 2.24) is 9.97 Å². The summed E-state index contributed by atoms with van der Waals surface area (Å²) >= 11 is 0. The largest absolute Gasteiger partial charge is 0.456 e. The molecule has 0 bridgehead atoms. The van der Waals surface area contributed by atoms with E-state index in [1.807, 2.05) is 36.4 Å². The molecule has 0 N–H and O–H groups in total. The van der Waals surface area contributed by atoms with E-state index in [1.165, 1.54) is 21.5 Å². The molecule has 4 nitrogen and oxygen atoms in total. The molecule has 0 saturated heterocycles. The second kappa shape index (κ2) is 15.7. The number of benzene rings is 10. The Morgan fingerprint density at radius 2 is 0.922 bits per heavy atom. The molecule has 64 heavy (non-hydrogen) atoms. The number of anilines is 3. The Morgan fingerprint density at radius 1 is 0.328 bits per heavy atom. The molecule has 2 aromatic heterocycles. The van der Waals surface area contributed by atoms with Crippen LogP contribution in [0.2, 0.25) is 0 Å². The minimum absolute atomic E-state index is 0.677. The molecule has 300 valence electrons. The van der Waals surface area contributed by atoms with Crippen molar-refractivity contribution < 1.29 is 4.42 Å². The van der Waals surface area contributed by atoms with Gasteiger partial charge in [-0.05, 0) is 87.4 Å². The van der Waals surface area contributed by atoms with Crippen molar-refractivity contribution in [3.8, 4) is 56.2 Å². The molecule has 0 fully saturated rings. The standard InChI is InChI=1S/C60H39N3O/c1-3-18-42(19-4-1)53-39-54(43-20-5-2-6-21-43)62-60(61-53)47-25-13-24-45(36-47)51-28-15-31-57-59(51)52-35-33-46(38-58(52)64-57)50-27-11-12-29-55(50)63(48-34-32-40-16-7-8-22-44(40)37-48)56-30-14-23-41-17-9-10-26-49(41)56/h1-39H. The molecule has 0 aliphatic heterocycles. The van der Waals surface area contributed by atoms with E-state index in [2.05, 4.69) is 205 Å². The zero-order valence-corrected chi connectivity index (χ0v) is 34.8. The molecule has 10 aromatic carbocycles. The SMILES string of the molecule is c1ccc(-c2cc(-c3ccccc3)nc(-c3cccc(-c4cccc5oc6cc(-c7ccccc7N(c7ccc8ccccc8c7)c7cccc8ccccc78)ccc6c45)c3)n2)cc1. The maximum Gasteiger partial charge on any atom is 0.160 e. The molecule has 0 radical (unpaired) electrons. The molecule has 0 spiro atoms. The summed E-state index contributed by atoms with van der Waals surface area (Å²) in [6.07, 6.45) is 0. The van der Waals surface area contributed by atoms with Gasteiger partial charge in [-0.3, -0.25) is 0 Å². The first-order valence-electron chi connectivity index (χ1n) is 21.6. The van der Waals surface area contributed by atoms with Crippen LogP contribution in [0, 0.1) is 0 Å². The fourth-order valence-corrected chi connectivity index (χ4v) is 9.19. The minimum Gasteiger partial charge on any atom is -0.456 e. The van der Waals surface area contributed by atoms with E-state index in [4.69, 9.17) is 14.4 Å². The van der Waals surface area contributed by atoms with E-state index in [0.717, 1.165) is 89.3 Å². The summed E-state index contributed by atoms with van der Waals surface area (Å²) in [7, 11) is 0. The van der Waals surface area contributed by atoms with Gasteiger partial charge in [-0.15, -0.1) is 0 Å². The van der Waals surface area contributed by atoms with Gasteiger partial charge in [0, 0.05) is 44.1 Å². The summed E-state index contributed by atoms with van der Waals surface area (Å²) in [6, 6.07) is 83.4. The molecular formula is C60H39N3O. The van der Waals surface area contributed by atoms with Crippen LogP contribution in [0.25, 0.3) is 99.6 Å². The highest BCUT2D eigenvalue weighted by atomic mass is 16.3. The highest BCUT2D eigenvalue weighted by Crippen LogP contribution is 2.46. The van der Waals surface area contributed by atoms with Gasteiger partial charge in [-0.2, -0.15) is 0 Å². The summed E-state index contributed by atoms with van der Waals surface area (Å²) in [4.78, 5) is 12.7. The summed E-state index contributed by atoms with van der Waals surface area (Å²) in [5.74, 6) is 0.677. The fourth-order valence-electron chi connectivity index (χ4n) is 9.19. The zero-order valence-electron chi connectivity index (χ0n) is 34.8. The van der Waals surface area contributed by atoms with Crippen molar-refractivity contribution in [2.24, 2.45) is 0 Å². The lowest BCUT2D eigenvalue weighted by molar-refractivity contribution is 0.669. The molecule has 12 aromatic rings. The fraction of sp³-hybridized carbons (Fsp3) is 0. The zero-order chi connectivity index (χ0) is 42.4. The number of hydrogen-bond acceptors (Lipinski definition) is 4. The monoisotopic (exact) mass is 817 g/mol. The van der Waals surface area contributed by atoms with E-state index in [-0.39, 0.29) is 0 Å². The Hall–Kier alpha value is -8.60. The lowest BCUT2D eigenvalue weighted by atomic mass is 9.96. The number of hydrogen-bond donors (Lipinski definition) is 0. The van der Waals surface area contributed by atoms with Gasteiger partial charge in [0.2, 0.25) is 0 Å². The molecule has 0 aliphatic carbocycles. The summed E-state index contributed by atoms with van der Waals surface area (Å²) in [6.45, 7) is 0. The summed E-state index contributed by atoms with van der Waals surface area (Å²) < 4.78 is 6.76. The smallest absolute Gasteiger partial charge is 0.160 e. The second-order valence-corrected chi connectivity index (χ2v) is 16.1. The quantitative estimate of drug-likeness (QED) is 0.153. The number of para-hydroxylation sites is 1. The number of nitrogens with zero attached hydrogens (tertiary/aromatic N) is 3. The van der Waals surface area contributed by atoms with E-state index in [1.54, 1.807) is 0 Å². The van der Waals surface area contributed by atoms with Crippen LogP contribution in [-0.2, 0) is 0 Å². The number of rotatable bonds is 8. The third kappa shape index (κ3) is 6.66. The summed E-state index contributed by atoms with van der Waals surface area (Å²) in [5, 5.41) is 6.92. The predicted molar refractivity (Wildman–Crippen MR) is 266 cm³/mol. The molecule has 0 unspecified atom stereocenters. The molecule has 4 heteroatoms. The van der Waals surface area contributed by atoms with Crippen LogP contribution >= 0.6 is 0 Å². The number of furan rings is 1. The van der Waals surface area contributed by atoms with Crippen LogP contribution in [0.3, 0.4) is 0 Å². The lowest BCUT2D eigenvalue weighted by Gasteiger charge is -2.29. The van der Waals surface area contributed by atoms with Gasteiger partial charge in [0.1, 0.15) is 11.2 Å². The van der Waals surface area contributed by atoms with Crippen molar-refractivity contribution in [2.45, 2.75) is 0 Å². The van der Waals surface area contributed by atoms with Crippen molar-refractivity contribution in [2.75, 3.05) is 4.90 Å². The van der Waals surface area contributed by atoms with Gasteiger partial charge >= 0.3 is 0 Å². The lowest BCUT2D eigenvalue weighted by Crippen LogP contribution is -2.11. The van der Waals surface area contributed by atoms with Gasteiger partial charge in [-0.1, -0.05) is 182 Å². The molecule has 0 amide bonds. The van der Waals surface area contributed by atoms with Crippen LogP contribution in [0.4, 0.5) is 17.1 Å². The van der Waals surface area contributed by atoms with Gasteiger partial charge < -0.3 is 9.32 Å². The van der Waals surface area contributed by atoms with Crippen LogP contribution < -0.4 is 4.90 Å².